The van der Waals surface area contributed by atoms with E-state index in [4.69, 9.17) is 0 Å². The van der Waals surface area contributed by atoms with E-state index in [-0.39, 0.29) is 11.3 Å². The minimum atomic E-state index is -0.234. The van der Waals surface area contributed by atoms with Gasteiger partial charge in [0, 0.05) is 11.5 Å². The average molecular weight is 195 g/mol. The van der Waals surface area contributed by atoms with Crippen molar-refractivity contribution in [2.24, 2.45) is 17.3 Å². The number of hydrogen-bond donors (Lipinski definition) is 1. The monoisotopic (exact) mass is 195 g/mol. The molecule has 2 aliphatic carbocycles. The van der Waals surface area contributed by atoms with Gasteiger partial charge in [-0.1, -0.05) is 27.2 Å². The predicted molar refractivity (Wildman–Crippen MR) is 56.8 cm³/mol. The third kappa shape index (κ3) is 1.79. The van der Waals surface area contributed by atoms with E-state index in [9.17, 15) is 4.79 Å². The molecule has 1 amide bonds. The van der Waals surface area contributed by atoms with Crippen LogP contribution in [0.4, 0.5) is 0 Å². The fourth-order valence-electron chi connectivity index (χ4n) is 2.81. The molecule has 2 nitrogen and oxygen atoms in total. The molecular formula is C12H21NO. The summed E-state index contributed by atoms with van der Waals surface area (Å²) in [6, 6.07) is 0.487. The summed E-state index contributed by atoms with van der Waals surface area (Å²) < 4.78 is 0. The second-order valence-electron chi connectivity index (χ2n) is 6.00. The topological polar surface area (TPSA) is 29.1 Å². The minimum Gasteiger partial charge on any atom is -0.353 e. The lowest BCUT2D eigenvalue weighted by molar-refractivity contribution is -0.129. The number of nitrogens with one attached hydrogen (secondary N) is 1. The van der Waals surface area contributed by atoms with E-state index in [2.05, 4.69) is 5.32 Å². The van der Waals surface area contributed by atoms with Gasteiger partial charge >= 0.3 is 0 Å². The average Bonchev–Trinajstić information content (AvgIpc) is 2.62. The molecule has 0 spiro atoms. The standard InChI is InChI=1S/C12H21NO/c1-12(2,3)11(14)13-10-7-8-4-5-9(10)6-8/h8-10H,4-7H2,1-3H3,(H,13,14)/t8-,9+,10+/m0/s1. The summed E-state index contributed by atoms with van der Waals surface area (Å²) in [4.78, 5) is 11.8. The highest BCUT2D eigenvalue weighted by Crippen LogP contribution is 2.44. The van der Waals surface area contributed by atoms with Crippen LogP contribution in [0.3, 0.4) is 0 Å². The fraction of sp³-hybridized carbons (Fsp3) is 0.917. The second kappa shape index (κ2) is 3.25. The van der Waals surface area contributed by atoms with Crippen molar-refractivity contribution in [2.45, 2.75) is 52.5 Å². The van der Waals surface area contributed by atoms with Crippen LogP contribution in [0.2, 0.25) is 0 Å². The Morgan fingerprint density at radius 1 is 1.21 bits per heavy atom. The molecule has 2 bridgehead atoms. The maximum Gasteiger partial charge on any atom is 0.225 e. The lowest BCUT2D eigenvalue weighted by Gasteiger charge is -2.27. The Labute approximate surface area is 86.5 Å². The second-order valence-corrected chi connectivity index (χ2v) is 6.00. The van der Waals surface area contributed by atoms with Crippen LogP contribution in [0, 0.1) is 17.3 Å². The summed E-state index contributed by atoms with van der Waals surface area (Å²) in [5, 5.41) is 3.21. The smallest absolute Gasteiger partial charge is 0.225 e. The fourth-order valence-corrected chi connectivity index (χ4v) is 2.81. The van der Waals surface area contributed by atoms with Gasteiger partial charge in [0.15, 0.2) is 0 Å². The SMILES string of the molecule is CC(C)(C)C(=O)N[C@@H]1C[C@H]2CC[C@@H]1C2. The predicted octanol–water partition coefficient (Wildman–Crippen LogP) is 2.34. The largest absolute Gasteiger partial charge is 0.353 e. The molecule has 0 unspecified atom stereocenters. The molecule has 2 rings (SSSR count). The summed E-state index contributed by atoms with van der Waals surface area (Å²) in [6.45, 7) is 5.95. The summed E-state index contributed by atoms with van der Waals surface area (Å²) in [5.74, 6) is 1.91. The van der Waals surface area contributed by atoms with E-state index < -0.39 is 0 Å². The van der Waals surface area contributed by atoms with E-state index in [1.807, 2.05) is 20.8 Å². The number of amides is 1. The van der Waals surface area contributed by atoms with Gasteiger partial charge in [0.25, 0.3) is 0 Å². The normalized spacial score (nSPS) is 36.1. The third-order valence-electron chi connectivity index (χ3n) is 3.74. The molecule has 0 radical (unpaired) electrons. The summed E-state index contributed by atoms with van der Waals surface area (Å²) >= 11 is 0. The van der Waals surface area contributed by atoms with Crippen molar-refractivity contribution in [1.82, 2.24) is 5.32 Å². The van der Waals surface area contributed by atoms with Crippen molar-refractivity contribution < 1.29 is 4.79 Å². The third-order valence-corrected chi connectivity index (χ3v) is 3.74. The molecule has 0 aromatic carbocycles. The first-order valence-corrected chi connectivity index (χ1v) is 5.78. The lowest BCUT2D eigenvalue weighted by Crippen LogP contribution is -2.44. The lowest BCUT2D eigenvalue weighted by atomic mass is 9.91. The number of carbonyl (C=O) groups is 1. The molecule has 2 saturated carbocycles. The zero-order valence-corrected chi connectivity index (χ0v) is 9.47. The van der Waals surface area contributed by atoms with Gasteiger partial charge in [-0.25, -0.2) is 0 Å². The highest BCUT2D eigenvalue weighted by molar-refractivity contribution is 5.81. The van der Waals surface area contributed by atoms with Gasteiger partial charge in [0.05, 0.1) is 0 Å². The molecule has 2 aliphatic rings. The van der Waals surface area contributed by atoms with Gasteiger partial charge in [-0.05, 0) is 31.1 Å². The highest BCUT2D eigenvalue weighted by Gasteiger charge is 2.41. The first-order valence-electron chi connectivity index (χ1n) is 5.78. The molecule has 0 saturated heterocycles. The molecule has 14 heavy (non-hydrogen) atoms. The number of hydrogen-bond acceptors (Lipinski definition) is 1. The molecular weight excluding hydrogens is 174 g/mol. The Morgan fingerprint density at radius 3 is 2.36 bits per heavy atom. The van der Waals surface area contributed by atoms with Crippen molar-refractivity contribution in [3.8, 4) is 0 Å². The number of fused-ring (bicyclic) bond motifs is 2. The molecule has 80 valence electrons. The molecule has 0 heterocycles. The Bertz CT molecular complexity index is 241. The van der Waals surface area contributed by atoms with Crippen molar-refractivity contribution in [3.05, 3.63) is 0 Å². The van der Waals surface area contributed by atoms with Crippen molar-refractivity contribution in [1.29, 1.82) is 0 Å². The van der Waals surface area contributed by atoms with Crippen LogP contribution in [-0.2, 0) is 4.79 Å². The van der Waals surface area contributed by atoms with E-state index >= 15 is 0 Å². The van der Waals surface area contributed by atoms with Crippen LogP contribution in [-0.4, -0.2) is 11.9 Å². The number of carbonyl (C=O) groups excluding carboxylic acids is 1. The molecule has 1 N–H and O–H groups in total. The quantitative estimate of drug-likeness (QED) is 0.683. The van der Waals surface area contributed by atoms with Crippen molar-refractivity contribution in [3.63, 3.8) is 0 Å². The highest BCUT2D eigenvalue weighted by atomic mass is 16.2. The van der Waals surface area contributed by atoms with Crippen LogP contribution >= 0.6 is 0 Å². The maximum atomic E-state index is 11.8. The van der Waals surface area contributed by atoms with Crippen molar-refractivity contribution in [2.75, 3.05) is 0 Å². The molecule has 2 fully saturated rings. The van der Waals surface area contributed by atoms with Crippen LogP contribution in [0.5, 0.6) is 0 Å². The molecule has 0 aromatic rings. The molecule has 2 heteroatoms. The Balaban J connectivity index is 1.90. The summed E-state index contributed by atoms with van der Waals surface area (Å²) in [7, 11) is 0. The summed E-state index contributed by atoms with van der Waals surface area (Å²) in [6.07, 6.45) is 5.31. The number of rotatable bonds is 1. The molecule has 3 atom stereocenters. The van der Waals surface area contributed by atoms with Crippen LogP contribution in [0.15, 0.2) is 0 Å². The first kappa shape index (κ1) is 10.0. The zero-order chi connectivity index (χ0) is 10.3. The van der Waals surface area contributed by atoms with Gasteiger partial charge in [0.1, 0.15) is 0 Å². The summed E-state index contributed by atoms with van der Waals surface area (Å²) in [5.41, 5.74) is -0.234. The van der Waals surface area contributed by atoms with Gasteiger partial charge in [-0.15, -0.1) is 0 Å². The van der Waals surface area contributed by atoms with E-state index in [1.54, 1.807) is 0 Å². The Kier molecular flexibility index (Phi) is 2.32. The first-order chi connectivity index (χ1) is 6.47. The minimum absolute atomic E-state index is 0.218. The van der Waals surface area contributed by atoms with E-state index in [0.29, 0.717) is 6.04 Å². The van der Waals surface area contributed by atoms with Gasteiger partial charge in [-0.2, -0.15) is 0 Å². The van der Waals surface area contributed by atoms with E-state index in [0.717, 1.165) is 11.8 Å². The Hall–Kier alpha value is -0.530. The molecule has 0 aliphatic heterocycles. The van der Waals surface area contributed by atoms with Crippen LogP contribution in [0.25, 0.3) is 0 Å². The van der Waals surface area contributed by atoms with Crippen LogP contribution < -0.4 is 5.32 Å². The van der Waals surface area contributed by atoms with Crippen molar-refractivity contribution >= 4 is 5.91 Å². The van der Waals surface area contributed by atoms with Crippen LogP contribution in [0.1, 0.15) is 46.5 Å². The maximum absolute atomic E-state index is 11.8. The van der Waals surface area contributed by atoms with Gasteiger partial charge in [-0.3, -0.25) is 4.79 Å². The van der Waals surface area contributed by atoms with Gasteiger partial charge < -0.3 is 5.32 Å². The zero-order valence-electron chi connectivity index (χ0n) is 9.47. The van der Waals surface area contributed by atoms with E-state index in [1.165, 1.54) is 25.7 Å². The molecule has 0 aromatic heterocycles. The van der Waals surface area contributed by atoms with Gasteiger partial charge in [0.2, 0.25) is 5.91 Å². The Morgan fingerprint density at radius 2 is 1.93 bits per heavy atom.